The SMILES string of the molecule is CC(=O)Nc1ccccc1C(=O)c1ccc(C(C)(C)C)cc1. The van der Waals surface area contributed by atoms with Crippen molar-refractivity contribution >= 4 is 17.4 Å². The fraction of sp³-hybridized carbons (Fsp3) is 0.263. The van der Waals surface area contributed by atoms with Crippen molar-refractivity contribution in [1.82, 2.24) is 0 Å². The lowest BCUT2D eigenvalue weighted by molar-refractivity contribution is -0.114. The highest BCUT2D eigenvalue weighted by Gasteiger charge is 2.17. The summed E-state index contributed by atoms with van der Waals surface area (Å²) in [4.78, 5) is 23.9. The largest absolute Gasteiger partial charge is 0.326 e. The summed E-state index contributed by atoms with van der Waals surface area (Å²) in [5, 5.41) is 2.70. The predicted octanol–water partition coefficient (Wildman–Crippen LogP) is 4.17. The number of anilines is 1. The molecule has 2 rings (SSSR count). The van der Waals surface area contributed by atoms with Crippen LogP contribution in [0.25, 0.3) is 0 Å². The minimum absolute atomic E-state index is 0.0513. The van der Waals surface area contributed by atoms with Gasteiger partial charge >= 0.3 is 0 Å². The van der Waals surface area contributed by atoms with E-state index in [1.54, 1.807) is 24.3 Å². The van der Waals surface area contributed by atoms with Crippen LogP contribution in [-0.2, 0) is 10.2 Å². The molecule has 0 aliphatic rings. The average Bonchev–Trinajstić information content (AvgIpc) is 2.46. The first-order chi connectivity index (χ1) is 10.3. The minimum atomic E-state index is -0.191. The summed E-state index contributed by atoms with van der Waals surface area (Å²) in [5.41, 5.74) is 2.89. The molecule has 0 aromatic heterocycles. The molecule has 3 nitrogen and oxygen atoms in total. The number of hydrogen-bond donors (Lipinski definition) is 1. The van der Waals surface area contributed by atoms with Crippen LogP contribution in [0.3, 0.4) is 0 Å². The maximum Gasteiger partial charge on any atom is 0.221 e. The van der Waals surface area contributed by atoms with Crippen LogP contribution in [0.5, 0.6) is 0 Å². The summed E-state index contributed by atoms with van der Waals surface area (Å²) in [6.45, 7) is 7.83. The van der Waals surface area contributed by atoms with E-state index >= 15 is 0 Å². The Hall–Kier alpha value is -2.42. The fourth-order valence-corrected chi connectivity index (χ4v) is 2.26. The van der Waals surface area contributed by atoms with Crippen LogP contribution in [0.2, 0.25) is 0 Å². The number of carbonyl (C=O) groups is 2. The molecule has 0 fully saturated rings. The van der Waals surface area contributed by atoms with Crippen molar-refractivity contribution in [2.75, 3.05) is 5.32 Å². The van der Waals surface area contributed by atoms with E-state index in [2.05, 4.69) is 26.1 Å². The molecule has 0 unspecified atom stereocenters. The summed E-state index contributed by atoms with van der Waals surface area (Å²) in [5.74, 6) is -0.284. The maximum atomic E-state index is 12.7. The number of carbonyl (C=O) groups excluding carboxylic acids is 2. The van der Waals surface area contributed by atoms with E-state index in [0.717, 1.165) is 0 Å². The Bertz CT molecular complexity index is 694. The zero-order chi connectivity index (χ0) is 16.3. The standard InChI is InChI=1S/C19H21NO2/c1-13(21)20-17-8-6-5-7-16(17)18(22)14-9-11-15(12-10-14)19(2,3)4/h5-12H,1-4H3,(H,20,21). The Kier molecular flexibility index (Phi) is 4.45. The molecule has 22 heavy (non-hydrogen) atoms. The normalized spacial score (nSPS) is 11.1. The molecule has 0 spiro atoms. The third-order valence-corrected chi connectivity index (χ3v) is 3.50. The van der Waals surface area contributed by atoms with Gasteiger partial charge in [0.05, 0.1) is 5.69 Å². The molecule has 2 aromatic rings. The van der Waals surface area contributed by atoms with Crippen molar-refractivity contribution in [3.05, 3.63) is 65.2 Å². The molecule has 2 aromatic carbocycles. The van der Waals surface area contributed by atoms with Gasteiger partial charge in [0.25, 0.3) is 0 Å². The van der Waals surface area contributed by atoms with Gasteiger partial charge in [0, 0.05) is 18.1 Å². The van der Waals surface area contributed by atoms with Crippen LogP contribution in [-0.4, -0.2) is 11.7 Å². The highest BCUT2D eigenvalue weighted by molar-refractivity contribution is 6.13. The zero-order valence-corrected chi connectivity index (χ0v) is 13.4. The number of amides is 1. The van der Waals surface area contributed by atoms with Gasteiger partial charge in [0.1, 0.15) is 0 Å². The predicted molar refractivity (Wildman–Crippen MR) is 89.3 cm³/mol. The summed E-state index contributed by atoms with van der Waals surface area (Å²) in [6.07, 6.45) is 0. The third kappa shape index (κ3) is 3.61. The highest BCUT2D eigenvalue weighted by Crippen LogP contribution is 2.24. The van der Waals surface area contributed by atoms with Crippen molar-refractivity contribution < 1.29 is 9.59 Å². The molecule has 1 amide bonds. The smallest absolute Gasteiger partial charge is 0.221 e. The number of hydrogen-bond acceptors (Lipinski definition) is 2. The maximum absolute atomic E-state index is 12.7. The van der Waals surface area contributed by atoms with Gasteiger partial charge in [-0.3, -0.25) is 9.59 Å². The number of nitrogens with one attached hydrogen (secondary N) is 1. The van der Waals surface area contributed by atoms with Gasteiger partial charge in [-0.25, -0.2) is 0 Å². The van der Waals surface area contributed by atoms with Crippen molar-refractivity contribution in [2.45, 2.75) is 33.1 Å². The molecule has 1 N–H and O–H groups in total. The lowest BCUT2D eigenvalue weighted by Crippen LogP contribution is -2.13. The Morgan fingerprint density at radius 3 is 2.05 bits per heavy atom. The number of benzene rings is 2. The fourth-order valence-electron chi connectivity index (χ4n) is 2.26. The van der Waals surface area contributed by atoms with Crippen LogP contribution >= 0.6 is 0 Å². The molecule has 0 aliphatic heterocycles. The molecule has 0 radical (unpaired) electrons. The number of para-hydroxylation sites is 1. The van der Waals surface area contributed by atoms with E-state index in [4.69, 9.17) is 0 Å². The highest BCUT2D eigenvalue weighted by atomic mass is 16.1. The van der Waals surface area contributed by atoms with Gasteiger partial charge in [-0.1, -0.05) is 57.2 Å². The van der Waals surface area contributed by atoms with Crippen LogP contribution in [0.4, 0.5) is 5.69 Å². The van der Waals surface area contributed by atoms with E-state index in [-0.39, 0.29) is 17.1 Å². The van der Waals surface area contributed by atoms with Gasteiger partial charge in [0.15, 0.2) is 5.78 Å². The molecule has 0 saturated heterocycles. The van der Waals surface area contributed by atoms with Crippen LogP contribution in [0.15, 0.2) is 48.5 Å². The summed E-state index contributed by atoms with van der Waals surface area (Å²) in [7, 11) is 0. The van der Waals surface area contributed by atoms with Gasteiger partial charge in [0.2, 0.25) is 5.91 Å². The van der Waals surface area contributed by atoms with E-state index in [9.17, 15) is 9.59 Å². The van der Waals surface area contributed by atoms with Crippen molar-refractivity contribution in [2.24, 2.45) is 0 Å². The second-order valence-electron chi connectivity index (χ2n) is 6.38. The van der Waals surface area contributed by atoms with Crippen molar-refractivity contribution in [3.63, 3.8) is 0 Å². The molecule has 0 saturated carbocycles. The van der Waals surface area contributed by atoms with Gasteiger partial charge < -0.3 is 5.32 Å². The summed E-state index contributed by atoms with van der Waals surface area (Å²) < 4.78 is 0. The van der Waals surface area contributed by atoms with Crippen LogP contribution in [0.1, 0.15) is 49.2 Å². The lowest BCUT2D eigenvalue weighted by Gasteiger charge is -2.19. The van der Waals surface area contributed by atoms with Gasteiger partial charge in [-0.15, -0.1) is 0 Å². The first-order valence-corrected chi connectivity index (χ1v) is 7.31. The molecule has 0 bridgehead atoms. The number of rotatable bonds is 3. The lowest BCUT2D eigenvalue weighted by atomic mass is 9.86. The van der Waals surface area contributed by atoms with Crippen molar-refractivity contribution in [1.29, 1.82) is 0 Å². The molecular weight excluding hydrogens is 274 g/mol. The van der Waals surface area contributed by atoms with E-state index < -0.39 is 0 Å². The molecule has 114 valence electrons. The Morgan fingerprint density at radius 2 is 1.50 bits per heavy atom. The molecule has 3 heteroatoms. The quantitative estimate of drug-likeness (QED) is 0.864. The minimum Gasteiger partial charge on any atom is -0.326 e. The van der Waals surface area contributed by atoms with Crippen LogP contribution in [0, 0.1) is 0 Å². The summed E-state index contributed by atoms with van der Waals surface area (Å²) in [6, 6.07) is 14.7. The summed E-state index contributed by atoms with van der Waals surface area (Å²) >= 11 is 0. The Labute approximate surface area is 131 Å². The topological polar surface area (TPSA) is 46.2 Å². The van der Waals surface area contributed by atoms with E-state index in [1.807, 2.05) is 24.3 Å². The molecule has 0 atom stereocenters. The van der Waals surface area contributed by atoms with Crippen LogP contribution < -0.4 is 5.32 Å². The third-order valence-electron chi connectivity index (χ3n) is 3.50. The van der Waals surface area contributed by atoms with Gasteiger partial charge in [-0.2, -0.15) is 0 Å². The van der Waals surface area contributed by atoms with E-state index in [1.165, 1.54) is 12.5 Å². The molecule has 0 aliphatic carbocycles. The molecule has 0 heterocycles. The zero-order valence-electron chi connectivity index (χ0n) is 13.4. The van der Waals surface area contributed by atoms with Crippen molar-refractivity contribution in [3.8, 4) is 0 Å². The monoisotopic (exact) mass is 295 g/mol. The Balaban J connectivity index is 2.34. The Morgan fingerprint density at radius 1 is 0.909 bits per heavy atom. The first-order valence-electron chi connectivity index (χ1n) is 7.31. The molecular formula is C19H21NO2. The first kappa shape index (κ1) is 16.0. The van der Waals surface area contributed by atoms with E-state index in [0.29, 0.717) is 16.8 Å². The second kappa shape index (κ2) is 6.14. The number of ketones is 1. The average molecular weight is 295 g/mol. The second-order valence-corrected chi connectivity index (χ2v) is 6.38. The van der Waals surface area contributed by atoms with Gasteiger partial charge in [-0.05, 0) is 23.1 Å².